The molecule has 1 aromatic rings. The summed E-state index contributed by atoms with van der Waals surface area (Å²) in [6.45, 7) is 2.84. The van der Waals surface area contributed by atoms with Gasteiger partial charge in [-0.15, -0.1) is 0 Å². The zero-order chi connectivity index (χ0) is 12.1. The number of hydrogen-bond donors (Lipinski definition) is 1. The molecule has 2 unspecified atom stereocenters. The summed E-state index contributed by atoms with van der Waals surface area (Å²) in [7, 11) is 0. The maximum absolute atomic E-state index is 5.97. The monoisotopic (exact) mass is 251 g/mol. The van der Waals surface area contributed by atoms with Gasteiger partial charge in [-0.1, -0.05) is 19.1 Å². The first-order valence-corrected chi connectivity index (χ1v) is 7.49. The molecule has 1 heterocycles. The molecular weight excluding hydrogens is 230 g/mol. The van der Waals surface area contributed by atoms with E-state index < -0.39 is 0 Å². The Morgan fingerprint density at radius 1 is 1.41 bits per heavy atom. The van der Waals surface area contributed by atoms with Crippen molar-refractivity contribution >= 4 is 11.8 Å². The van der Waals surface area contributed by atoms with Gasteiger partial charge in [0.2, 0.25) is 0 Å². The van der Waals surface area contributed by atoms with Crippen molar-refractivity contribution in [2.75, 3.05) is 18.1 Å². The summed E-state index contributed by atoms with van der Waals surface area (Å²) in [5, 5.41) is 0. The van der Waals surface area contributed by atoms with Crippen LogP contribution in [0.15, 0.2) is 24.3 Å². The fourth-order valence-corrected chi connectivity index (χ4v) is 3.04. The Hall–Kier alpha value is -0.670. The molecule has 0 aromatic heterocycles. The fraction of sp³-hybridized carbons (Fsp3) is 0.571. The molecule has 1 fully saturated rings. The first kappa shape index (κ1) is 12.8. The Morgan fingerprint density at radius 2 is 2.18 bits per heavy atom. The molecule has 2 N–H and O–H groups in total. The van der Waals surface area contributed by atoms with E-state index in [4.69, 9.17) is 10.5 Å². The van der Waals surface area contributed by atoms with E-state index in [-0.39, 0.29) is 0 Å². The molecule has 2 nitrogen and oxygen atoms in total. The minimum absolute atomic E-state index is 0.395. The predicted molar refractivity (Wildman–Crippen MR) is 74.9 cm³/mol. The zero-order valence-electron chi connectivity index (χ0n) is 10.4. The lowest BCUT2D eigenvalue weighted by Crippen LogP contribution is -2.23. The van der Waals surface area contributed by atoms with E-state index in [0.29, 0.717) is 18.6 Å². The minimum Gasteiger partial charge on any atom is -0.490 e. The highest BCUT2D eigenvalue weighted by atomic mass is 32.2. The molecule has 0 amide bonds. The summed E-state index contributed by atoms with van der Waals surface area (Å²) in [5.74, 6) is 3.83. The molecule has 2 rings (SSSR count). The molecule has 1 aliphatic heterocycles. The second kappa shape index (κ2) is 6.31. The third-order valence-corrected chi connectivity index (χ3v) is 4.41. The van der Waals surface area contributed by atoms with E-state index in [0.717, 1.165) is 11.5 Å². The molecule has 0 aliphatic carbocycles. The first-order valence-electron chi connectivity index (χ1n) is 6.34. The summed E-state index contributed by atoms with van der Waals surface area (Å²) >= 11 is 1.99. The number of benzene rings is 1. The number of nitrogens with two attached hydrogens (primary N) is 1. The maximum atomic E-state index is 5.97. The summed E-state index contributed by atoms with van der Waals surface area (Å²) in [6.07, 6.45) is 2.86. The largest absolute Gasteiger partial charge is 0.490 e. The highest BCUT2D eigenvalue weighted by Gasteiger charge is 2.15. The van der Waals surface area contributed by atoms with Crippen LogP contribution in [0, 0.1) is 0 Å². The second-order valence-electron chi connectivity index (χ2n) is 4.66. The van der Waals surface area contributed by atoms with E-state index in [1.165, 1.54) is 24.2 Å². The van der Waals surface area contributed by atoms with E-state index in [1.54, 1.807) is 0 Å². The zero-order valence-corrected chi connectivity index (χ0v) is 11.2. The quantitative estimate of drug-likeness (QED) is 0.893. The normalized spacial score (nSPS) is 22.1. The van der Waals surface area contributed by atoms with Gasteiger partial charge >= 0.3 is 0 Å². The van der Waals surface area contributed by atoms with Crippen LogP contribution in [-0.4, -0.2) is 24.2 Å². The van der Waals surface area contributed by atoms with Crippen LogP contribution in [0.2, 0.25) is 0 Å². The van der Waals surface area contributed by atoms with Crippen molar-refractivity contribution in [3.8, 4) is 5.75 Å². The van der Waals surface area contributed by atoms with E-state index in [1.807, 2.05) is 11.8 Å². The van der Waals surface area contributed by atoms with Gasteiger partial charge in [-0.2, -0.15) is 11.8 Å². The number of rotatable bonds is 4. The van der Waals surface area contributed by atoms with Crippen LogP contribution in [0.3, 0.4) is 0 Å². The molecular formula is C14H21NOS. The lowest BCUT2D eigenvalue weighted by atomic mass is 10.0. The summed E-state index contributed by atoms with van der Waals surface area (Å²) in [5.41, 5.74) is 6.95. The van der Waals surface area contributed by atoms with Crippen LogP contribution in [0.5, 0.6) is 5.75 Å². The fourth-order valence-electron chi connectivity index (χ4n) is 2.01. The van der Waals surface area contributed by atoms with Crippen molar-refractivity contribution in [2.45, 2.75) is 31.8 Å². The molecule has 2 atom stereocenters. The Balaban J connectivity index is 1.93. The molecule has 1 aliphatic rings. The second-order valence-corrected chi connectivity index (χ2v) is 5.81. The van der Waals surface area contributed by atoms with Gasteiger partial charge in [-0.25, -0.2) is 0 Å². The lowest BCUT2D eigenvalue weighted by molar-refractivity contribution is 0.211. The first-order chi connectivity index (χ1) is 8.29. The van der Waals surface area contributed by atoms with Crippen molar-refractivity contribution in [2.24, 2.45) is 5.73 Å². The smallest absolute Gasteiger partial charge is 0.119 e. The van der Waals surface area contributed by atoms with Gasteiger partial charge in [0.25, 0.3) is 0 Å². The van der Waals surface area contributed by atoms with Gasteiger partial charge in [-0.3, -0.25) is 0 Å². The number of thioether (sulfide) groups is 1. The Labute approximate surface area is 108 Å². The van der Waals surface area contributed by atoms with Crippen molar-refractivity contribution in [3.05, 3.63) is 29.8 Å². The average Bonchev–Trinajstić information content (AvgIpc) is 2.40. The van der Waals surface area contributed by atoms with Gasteiger partial charge in [0.15, 0.2) is 0 Å². The highest BCUT2D eigenvalue weighted by molar-refractivity contribution is 7.99. The highest BCUT2D eigenvalue weighted by Crippen LogP contribution is 2.24. The van der Waals surface area contributed by atoms with Gasteiger partial charge in [0.1, 0.15) is 11.9 Å². The van der Waals surface area contributed by atoms with Gasteiger partial charge in [0, 0.05) is 5.75 Å². The van der Waals surface area contributed by atoms with E-state index in [2.05, 4.69) is 31.2 Å². The molecule has 1 aromatic carbocycles. The van der Waals surface area contributed by atoms with Crippen LogP contribution >= 0.6 is 11.8 Å². The van der Waals surface area contributed by atoms with Crippen LogP contribution < -0.4 is 10.5 Å². The molecule has 0 spiro atoms. The lowest BCUT2D eigenvalue weighted by Gasteiger charge is -2.23. The molecule has 0 saturated carbocycles. The third-order valence-electron chi connectivity index (χ3n) is 3.22. The molecule has 1 saturated heterocycles. The predicted octanol–water partition coefficient (Wildman–Crippen LogP) is 3.02. The standard InChI is InChI=1S/C14H21NOS/c1-11(9-15)12-4-6-13(7-5-12)16-14-3-2-8-17-10-14/h4-7,11,14H,2-3,8-10,15H2,1H3. The Morgan fingerprint density at radius 3 is 2.76 bits per heavy atom. The van der Waals surface area contributed by atoms with Crippen LogP contribution in [0.1, 0.15) is 31.2 Å². The number of ether oxygens (including phenoxy) is 1. The summed E-state index contributed by atoms with van der Waals surface area (Å²) in [4.78, 5) is 0. The van der Waals surface area contributed by atoms with Gasteiger partial charge < -0.3 is 10.5 Å². The Kier molecular flexibility index (Phi) is 4.75. The van der Waals surface area contributed by atoms with Crippen molar-refractivity contribution in [3.63, 3.8) is 0 Å². The van der Waals surface area contributed by atoms with E-state index in [9.17, 15) is 0 Å². The van der Waals surface area contributed by atoms with Gasteiger partial charge in [-0.05, 0) is 48.8 Å². The average molecular weight is 251 g/mol. The van der Waals surface area contributed by atoms with Crippen molar-refractivity contribution in [1.82, 2.24) is 0 Å². The topological polar surface area (TPSA) is 35.2 Å². The van der Waals surface area contributed by atoms with Crippen molar-refractivity contribution in [1.29, 1.82) is 0 Å². The molecule has 94 valence electrons. The molecule has 3 heteroatoms. The minimum atomic E-state index is 0.395. The molecule has 0 bridgehead atoms. The van der Waals surface area contributed by atoms with Gasteiger partial charge in [0.05, 0.1) is 0 Å². The van der Waals surface area contributed by atoms with E-state index >= 15 is 0 Å². The molecule has 0 radical (unpaired) electrons. The molecule has 17 heavy (non-hydrogen) atoms. The van der Waals surface area contributed by atoms with Crippen LogP contribution in [0.25, 0.3) is 0 Å². The summed E-state index contributed by atoms with van der Waals surface area (Å²) in [6, 6.07) is 8.40. The van der Waals surface area contributed by atoms with Crippen molar-refractivity contribution < 1.29 is 4.74 Å². The van der Waals surface area contributed by atoms with Crippen LogP contribution in [-0.2, 0) is 0 Å². The Bertz CT molecular complexity index is 333. The third kappa shape index (κ3) is 3.65. The SMILES string of the molecule is CC(CN)c1ccc(OC2CCCSC2)cc1. The van der Waals surface area contributed by atoms with Crippen LogP contribution in [0.4, 0.5) is 0 Å². The maximum Gasteiger partial charge on any atom is 0.119 e. The summed E-state index contributed by atoms with van der Waals surface area (Å²) < 4.78 is 5.97. The number of hydrogen-bond acceptors (Lipinski definition) is 3.